The van der Waals surface area contributed by atoms with E-state index in [2.05, 4.69) is 36.5 Å². The highest BCUT2D eigenvalue weighted by Gasteiger charge is 2.19. The van der Waals surface area contributed by atoms with Crippen LogP contribution >= 0.6 is 11.6 Å². The van der Waals surface area contributed by atoms with Gasteiger partial charge in [-0.15, -0.1) is 0 Å². The van der Waals surface area contributed by atoms with Gasteiger partial charge in [0.2, 0.25) is 0 Å². The van der Waals surface area contributed by atoms with E-state index in [1.54, 1.807) is 0 Å². The van der Waals surface area contributed by atoms with E-state index in [1.165, 1.54) is 23.8 Å². The minimum Gasteiger partial charge on any atom is -0.350 e. The van der Waals surface area contributed by atoms with Gasteiger partial charge in [-0.2, -0.15) is 0 Å². The number of hydrogen-bond donors (Lipinski definition) is 1. The predicted molar refractivity (Wildman–Crippen MR) is 103 cm³/mol. The molecule has 0 bridgehead atoms. The van der Waals surface area contributed by atoms with Crippen molar-refractivity contribution in [3.8, 4) is 0 Å². The number of nitrogens with one attached hydrogen (secondary N) is 1. The van der Waals surface area contributed by atoms with Gasteiger partial charge in [0.1, 0.15) is 5.02 Å². The number of aryl methyl sites for hydroxylation is 1. The number of nitrogens with zero attached hydrogens (tertiary/aromatic N) is 2. The zero-order valence-electron chi connectivity index (χ0n) is 15.0. The molecule has 0 spiro atoms. The first-order valence-electron chi connectivity index (χ1n) is 8.31. The Morgan fingerprint density at radius 2 is 1.88 bits per heavy atom. The zero-order chi connectivity index (χ0) is 19.3. The maximum atomic E-state index is 12.4. The second-order valence-corrected chi connectivity index (χ2v) is 6.62. The third kappa shape index (κ3) is 4.80. The summed E-state index contributed by atoms with van der Waals surface area (Å²) in [6, 6.07) is 12.3. The average molecular weight is 376 g/mol. The molecule has 2 rings (SSSR count). The van der Waals surface area contributed by atoms with Gasteiger partial charge in [-0.3, -0.25) is 14.9 Å². The van der Waals surface area contributed by atoms with E-state index in [0.29, 0.717) is 6.54 Å². The number of nitro groups is 1. The molecule has 6 nitrogen and oxygen atoms in total. The van der Waals surface area contributed by atoms with Crippen LogP contribution in [0.5, 0.6) is 0 Å². The lowest BCUT2D eigenvalue weighted by atomic mass is 10.0. The Hall–Kier alpha value is -2.44. The molecule has 7 heteroatoms. The van der Waals surface area contributed by atoms with E-state index < -0.39 is 4.92 Å². The van der Waals surface area contributed by atoms with E-state index in [-0.39, 0.29) is 28.2 Å². The molecule has 0 saturated heterocycles. The molecule has 1 atom stereocenters. The molecular formula is C19H22ClN3O3. The van der Waals surface area contributed by atoms with Crippen molar-refractivity contribution in [2.24, 2.45) is 0 Å². The summed E-state index contributed by atoms with van der Waals surface area (Å²) in [7, 11) is 3.88. The Labute approximate surface area is 157 Å². The van der Waals surface area contributed by atoms with Gasteiger partial charge in [0.15, 0.2) is 0 Å². The van der Waals surface area contributed by atoms with Crippen molar-refractivity contribution in [1.29, 1.82) is 0 Å². The Morgan fingerprint density at radius 1 is 1.23 bits per heavy atom. The molecule has 0 aliphatic rings. The van der Waals surface area contributed by atoms with Crippen molar-refractivity contribution < 1.29 is 9.72 Å². The first-order chi connectivity index (χ1) is 12.3. The van der Waals surface area contributed by atoms with E-state index in [4.69, 9.17) is 11.6 Å². The summed E-state index contributed by atoms with van der Waals surface area (Å²) in [6.07, 6.45) is 0.971. The van der Waals surface area contributed by atoms with E-state index in [1.807, 2.05) is 19.0 Å². The maximum absolute atomic E-state index is 12.4. The minimum atomic E-state index is -0.600. The van der Waals surface area contributed by atoms with Crippen LogP contribution in [-0.4, -0.2) is 36.4 Å². The molecule has 2 aromatic rings. The topological polar surface area (TPSA) is 75.5 Å². The molecule has 0 aromatic heterocycles. The van der Waals surface area contributed by atoms with Crippen molar-refractivity contribution in [2.45, 2.75) is 19.4 Å². The fourth-order valence-corrected chi connectivity index (χ4v) is 2.85. The summed E-state index contributed by atoms with van der Waals surface area (Å²) in [6.45, 7) is 2.48. The molecule has 0 radical (unpaired) electrons. The van der Waals surface area contributed by atoms with Gasteiger partial charge in [-0.1, -0.05) is 42.8 Å². The van der Waals surface area contributed by atoms with Crippen molar-refractivity contribution in [1.82, 2.24) is 10.2 Å². The largest absolute Gasteiger partial charge is 0.350 e. The summed E-state index contributed by atoms with van der Waals surface area (Å²) in [5.41, 5.74) is 2.27. The van der Waals surface area contributed by atoms with Gasteiger partial charge in [-0.25, -0.2) is 0 Å². The smallest absolute Gasteiger partial charge is 0.288 e. The summed E-state index contributed by atoms with van der Waals surface area (Å²) >= 11 is 5.79. The number of halogens is 1. The molecule has 2 aromatic carbocycles. The number of rotatable bonds is 7. The minimum absolute atomic E-state index is 0.00728. The van der Waals surface area contributed by atoms with E-state index >= 15 is 0 Å². The summed E-state index contributed by atoms with van der Waals surface area (Å²) in [5, 5.41) is 13.8. The van der Waals surface area contributed by atoms with Crippen LogP contribution in [0.1, 0.15) is 34.5 Å². The van der Waals surface area contributed by atoms with Crippen LogP contribution in [0.3, 0.4) is 0 Å². The van der Waals surface area contributed by atoms with Crippen molar-refractivity contribution >= 4 is 23.2 Å². The standard InChI is InChI=1S/C19H22ClN3O3/c1-4-13-5-7-14(8-6-13)18(22(2)3)12-21-19(24)15-9-10-16(20)17(11-15)23(25)26/h5-11,18H,4,12H2,1-3H3,(H,21,24)/t18-/m1/s1. The molecule has 0 unspecified atom stereocenters. The molecule has 0 aliphatic carbocycles. The molecule has 138 valence electrons. The predicted octanol–water partition coefficient (Wildman–Crippen LogP) is 3.84. The molecule has 26 heavy (non-hydrogen) atoms. The number of carbonyl (C=O) groups excluding carboxylic acids is 1. The van der Waals surface area contributed by atoms with Crippen molar-refractivity contribution in [2.75, 3.05) is 20.6 Å². The highest BCUT2D eigenvalue weighted by atomic mass is 35.5. The molecule has 0 saturated carbocycles. The first kappa shape index (κ1) is 19.9. The molecule has 1 amide bonds. The second kappa shape index (κ2) is 8.78. The second-order valence-electron chi connectivity index (χ2n) is 6.21. The summed E-state index contributed by atoms with van der Waals surface area (Å²) in [5.74, 6) is -0.373. The van der Waals surface area contributed by atoms with Gasteiger partial charge < -0.3 is 10.2 Å². The van der Waals surface area contributed by atoms with Crippen LogP contribution in [0.25, 0.3) is 0 Å². The monoisotopic (exact) mass is 375 g/mol. The van der Waals surface area contributed by atoms with Crippen LogP contribution in [0.4, 0.5) is 5.69 Å². The molecule has 1 N–H and O–H groups in total. The Bertz CT molecular complexity index is 791. The maximum Gasteiger partial charge on any atom is 0.288 e. The average Bonchev–Trinajstić information content (AvgIpc) is 2.62. The van der Waals surface area contributed by atoms with Crippen molar-refractivity contribution in [3.63, 3.8) is 0 Å². The number of carbonyl (C=O) groups is 1. The van der Waals surface area contributed by atoms with Gasteiger partial charge in [0.25, 0.3) is 11.6 Å². The van der Waals surface area contributed by atoms with Crippen molar-refractivity contribution in [3.05, 3.63) is 74.3 Å². The lowest BCUT2D eigenvalue weighted by Gasteiger charge is -2.25. The Kier molecular flexibility index (Phi) is 6.71. The fraction of sp³-hybridized carbons (Fsp3) is 0.316. The summed E-state index contributed by atoms with van der Waals surface area (Å²) in [4.78, 5) is 24.8. The van der Waals surface area contributed by atoms with E-state index in [9.17, 15) is 14.9 Å². The Morgan fingerprint density at radius 3 is 2.42 bits per heavy atom. The van der Waals surface area contributed by atoms with Crippen LogP contribution in [0.2, 0.25) is 5.02 Å². The molecular weight excluding hydrogens is 354 g/mol. The molecule has 0 fully saturated rings. The zero-order valence-corrected chi connectivity index (χ0v) is 15.8. The fourth-order valence-electron chi connectivity index (χ4n) is 2.66. The van der Waals surface area contributed by atoms with Gasteiger partial charge in [0.05, 0.1) is 11.0 Å². The summed E-state index contributed by atoms with van der Waals surface area (Å²) < 4.78 is 0. The lowest BCUT2D eigenvalue weighted by Crippen LogP contribution is -2.34. The third-order valence-corrected chi connectivity index (χ3v) is 4.58. The number of hydrogen-bond acceptors (Lipinski definition) is 4. The van der Waals surface area contributed by atoms with Crippen LogP contribution in [0.15, 0.2) is 42.5 Å². The molecule has 0 heterocycles. The number of nitro benzene ring substituents is 1. The van der Waals surface area contributed by atoms with Gasteiger partial charge in [-0.05, 0) is 43.8 Å². The first-order valence-corrected chi connectivity index (χ1v) is 8.68. The highest BCUT2D eigenvalue weighted by molar-refractivity contribution is 6.32. The lowest BCUT2D eigenvalue weighted by molar-refractivity contribution is -0.384. The normalized spacial score (nSPS) is 12.0. The van der Waals surface area contributed by atoms with Gasteiger partial charge in [0, 0.05) is 18.2 Å². The quantitative estimate of drug-likeness (QED) is 0.589. The number of likely N-dealkylation sites (N-methyl/N-ethyl adjacent to an activating group) is 1. The van der Waals surface area contributed by atoms with Crippen LogP contribution in [0, 0.1) is 10.1 Å². The SMILES string of the molecule is CCc1ccc([C@@H](CNC(=O)c2ccc(Cl)c([N+](=O)[O-])c2)N(C)C)cc1. The third-order valence-electron chi connectivity index (χ3n) is 4.26. The molecule has 0 aliphatic heterocycles. The van der Waals surface area contributed by atoms with Crippen LogP contribution < -0.4 is 5.32 Å². The Balaban J connectivity index is 2.12. The van der Waals surface area contributed by atoms with E-state index in [0.717, 1.165) is 12.0 Å². The van der Waals surface area contributed by atoms with Crippen LogP contribution in [-0.2, 0) is 6.42 Å². The highest BCUT2D eigenvalue weighted by Crippen LogP contribution is 2.25. The number of benzene rings is 2. The number of amides is 1. The van der Waals surface area contributed by atoms with Gasteiger partial charge >= 0.3 is 0 Å².